The van der Waals surface area contributed by atoms with Gasteiger partial charge in [-0.2, -0.15) is 0 Å². The van der Waals surface area contributed by atoms with Crippen LogP contribution >= 0.6 is 11.8 Å². The minimum Gasteiger partial charge on any atom is -0.497 e. The summed E-state index contributed by atoms with van der Waals surface area (Å²) in [5, 5.41) is 3.55. The molecule has 2 aromatic carbocycles. The highest BCUT2D eigenvalue weighted by Crippen LogP contribution is 2.27. The monoisotopic (exact) mass is 418 g/mol. The zero-order valence-corrected chi connectivity index (χ0v) is 17.6. The second-order valence-corrected chi connectivity index (χ2v) is 7.68. The summed E-state index contributed by atoms with van der Waals surface area (Å²) >= 11 is 1.66. The lowest BCUT2D eigenvalue weighted by Gasteiger charge is -2.09. The molecule has 152 valence electrons. The van der Waals surface area contributed by atoms with E-state index in [4.69, 9.17) is 9.72 Å². The van der Waals surface area contributed by atoms with E-state index in [-0.39, 0.29) is 5.91 Å². The lowest BCUT2D eigenvalue weighted by Crippen LogP contribution is -2.17. The standard InChI is InChI=1S/C23H22N4O2S/c1-24-22(28)18-9-5-17(6-10-18)15-30-23-26-20-4-3-13-25-21(20)27(23)14-16-7-11-19(29-2)12-8-16/h3-13H,14-15H2,1-2H3,(H,24,28). The van der Waals surface area contributed by atoms with Gasteiger partial charge in [-0.25, -0.2) is 9.97 Å². The fourth-order valence-electron chi connectivity index (χ4n) is 3.15. The van der Waals surface area contributed by atoms with E-state index in [1.807, 2.05) is 48.5 Å². The molecular weight excluding hydrogens is 396 g/mol. The summed E-state index contributed by atoms with van der Waals surface area (Å²) in [7, 11) is 3.30. The molecule has 0 aliphatic heterocycles. The third kappa shape index (κ3) is 4.31. The number of thioether (sulfide) groups is 1. The van der Waals surface area contributed by atoms with Gasteiger partial charge in [0.15, 0.2) is 10.8 Å². The highest BCUT2D eigenvalue weighted by atomic mass is 32.2. The van der Waals surface area contributed by atoms with Gasteiger partial charge in [0.25, 0.3) is 5.91 Å². The van der Waals surface area contributed by atoms with Gasteiger partial charge in [0.2, 0.25) is 0 Å². The fourth-order valence-corrected chi connectivity index (χ4v) is 4.11. The first kappa shape index (κ1) is 20.0. The van der Waals surface area contributed by atoms with Crippen molar-refractivity contribution in [1.82, 2.24) is 19.9 Å². The van der Waals surface area contributed by atoms with Crippen molar-refractivity contribution in [3.63, 3.8) is 0 Å². The Hall–Kier alpha value is -3.32. The van der Waals surface area contributed by atoms with Crippen LogP contribution in [0.2, 0.25) is 0 Å². The van der Waals surface area contributed by atoms with Crippen molar-refractivity contribution in [2.24, 2.45) is 0 Å². The Morgan fingerprint density at radius 2 is 1.80 bits per heavy atom. The van der Waals surface area contributed by atoms with Crippen LogP contribution in [0.1, 0.15) is 21.5 Å². The van der Waals surface area contributed by atoms with Crippen molar-refractivity contribution < 1.29 is 9.53 Å². The van der Waals surface area contributed by atoms with Crippen LogP contribution in [-0.2, 0) is 12.3 Å². The molecule has 1 amide bonds. The van der Waals surface area contributed by atoms with Gasteiger partial charge in [-0.05, 0) is 47.5 Å². The summed E-state index contributed by atoms with van der Waals surface area (Å²) in [5.41, 5.74) is 4.68. The molecule has 4 aromatic rings. The molecule has 0 saturated heterocycles. The number of nitrogens with one attached hydrogen (secondary N) is 1. The number of methoxy groups -OCH3 is 1. The number of hydrogen-bond acceptors (Lipinski definition) is 5. The number of aromatic nitrogens is 3. The van der Waals surface area contributed by atoms with Crippen molar-refractivity contribution >= 4 is 28.8 Å². The Kier molecular flexibility index (Phi) is 5.99. The van der Waals surface area contributed by atoms with Crippen molar-refractivity contribution in [1.29, 1.82) is 0 Å². The highest BCUT2D eigenvalue weighted by molar-refractivity contribution is 7.98. The van der Waals surface area contributed by atoms with Gasteiger partial charge in [-0.15, -0.1) is 0 Å². The number of hydrogen-bond donors (Lipinski definition) is 1. The Morgan fingerprint density at radius 3 is 2.50 bits per heavy atom. The van der Waals surface area contributed by atoms with Crippen molar-refractivity contribution in [3.8, 4) is 5.75 Å². The molecule has 0 aliphatic rings. The third-order valence-electron chi connectivity index (χ3n) is 4.78. The molecule has 0 atom stereocenters. The maximum Gasteiger partial charge on any atom is 0.251 e. The molecule has 0 aliphatic carbocycles. The molecular formula is C23H22N4O2S. The molecule has 0 unspecified atom stereocenters. The molecule has 2 aromatic heterocycles. The number of ether oxygens (including phenoxy) is 1. The molecule has 1 N–H and O–H groups in total. The molecule has 0 radical (unpaired) electrons. The largest absolute Gasteiger partial charge is 0.497 e. The quantitative estimate of drug-likeness (QED) is 0.457. The van der Waals surface area contributed by atoms with E-state index >= 15 is 0 Å². The molecule has 0 saturated carbocycles. The number of rotatable bonds is 7. The van der Waals surface area contributed by atoms with Crippen LogP contribution in [0.25, 0.3) is 11.2 Å². The minimum absolute atomic E-state index is 0.0819. The van der Waals surface area contributed by atoms with Crippen LogP contribution in [0, 0.1) is 0 Å². The number of pyridine rings is 1. The maximum absolute atomic E-state index is 11.7. The topological polar surface area (TPSA) is 69.0 Å². The SMILES string of the molecule is CNC(=O)c1ccc(CSc2nc3cccnc3n2Cc2ccc(OC)cc2)cc1. The van der Waals surface area contributed by atoms with Gasteiger partial charge in [-0.1, -0.05) is 36.0 Å². The first-order valence-electron chi connectivity index (χ1n) is 9.56. The lowest BCUT2D eigenvalue weighted by molar-refractivity contribution is 0.0963. The maximum atomic E-state index is 11.7. The van der Waals surface area contributed by atoms with E-state index in [0.717, 1.165) is 38.9 Å². The van der Waals surface area contributed by atoms with Crippen molar-refractivity contribution in [2.75, 3.05) is 14.2 Å². The van der Waals surface area contributed by atoms with Crippen LogP contribution in [0.3, 0.4) is 0 Å². The van der Waals surface area contributed by atoms with Crippen molar-refractivity contribution in [3.05, 3.63) is 83.6 Å². The van der Waals surface area contributed by atoms with Crippen LogP contribution in [0.5, 0.6) is 5.75 Å². The number of benzene rings is 2. The number of carbonyl (C=O) groups excluding carboxylic acids is 1. The zero-order chi connectivity index (χ0) is 20.9. The average Bonchev–Trinajstić information content (AvgIpc) is 3.15. The summed E-state index contributed by atoms with van der Waals surface area (Å²) in [6.07, 6.45) is 1.79. The van der Waals surface area contributed by atoms with Crippen LogP contribution in [0.15, 0.2) is 72.0 Å². The second kappa shape index (κ2) is 9.00. The van der Waals surface area contributed by atoms with Crippen molar-refractivity contribution in [2.45, 2.75) is 17.5 Å². The summed E-state index contributed by atoms with van der Waals surface area (Å²) in [6, 6.07) is 19.6. The van der Waals surface area contributed by atoms with E-state index in [1.54, 1.807) is 32.1 Å². The molecule has 0 fully saturated rings. The van der Waals surface area contributed by atoms with Gasteiger partial charge < -0.3 is 10.1 Å². The average molecular weight is 419 g/mol. The van der Waals surface area contributed by atoms with Gasteiger partial charge >= 0.3 is 0 Å². The molecule has 30 heavy (non-hydrogen) atoms. The molecule has 4 rings (SSSR count). The number of imidazole rings is 1. The number of fused-ring (bicyclic) bond motifs is 1. The van der Waals surface area contributed by atoms with Gasteiger partial charge in [-0.3, -0.25) is 9.36 Å². The lowest BCUT2D eigenvalue weighted by atomic mass is 10.1. The van der Waals surface area contributed by atoms with E-state index < -0.39 is 0 Å². The van der Waals surface area contributed by atoms with E-state index in [2.05, 4.69) is 27.0 Å². The van der Waals surface area contributed by atoms with E-state index in [9.17, 15) is 4.79 Å². The second-order valence-electron chi connectivity index (χ2n) is 6.74. The summed E-state index contributed by atoms with van der Waals surface area (Å²) < 4.78 is 7.40. The Balaban J connectivity index is 1.57. The molecule has 0 spiro atoms. The predicted molar refractivity (Wildman–Crippen MR) is 119 cm³/mol. The third-order valence-corrected chi connectivity index (χ3v) is 5.83. The van der Waals surface area contributed by atoms with Gasteiger partial charge in [0.1, 0.15) is 11.3 Å². The van der Waals surface area contributed by atoms with Crippen LogP contribution < -0.4 is 10.1 Å². The van der Waals surface area contributed by atoms with Gasteiger partial charge in [0, 0.05) is 24.6 Å². The smallest absolute Gasteiger partial charge is 0.251 e. The van der Waals surface area contributed by atoms with E-state index in [1.165, 1.54) is 0 Å². The fraction of sp³-hybridized carbons (Fsp3) is 0.174. The van der Waals surface area contributed by atoms with Gasteiger partial charge in [0.05, 0.1) is 13.7 Å². The first-order valence-corrected chi connectivity index (χ1v) is 10.5. The molecule has 0 bridgehead atoms. The summed E-state index contributed by atoms with van der Waals surface area (Å²) in [4.78, 5) is 21.1. The number of nitrogens with zero attached hydrogens (tertiary/aromatic N) is 3. The predicted octanol–water partition coefficient (Wildman–Crippen LogP) is 4.14. The number of amides is 1. The normalized spacial score (nSPS) is 10.9. The highest BCUT2D eigenvalue weighted by Gasteiger charge is 2.13. The van der Waals surface area contributed by atoms with E-state index in [0.29, 0.717) is 12.1 Å². The Bertz CT molecular complexity index is 1150. The molecule has 6 nitrogen and oxygen atoms in total. The molecule has 7 heteroatoms. The number of carbonyl (C=O) groups is 1. The summed E-state index contributed by atoms with van der Waals surface area (Å²) in [5.74, 6) is 1.50. The first-order chi connectivity index (χ1) is 14.7. The minimum atomic E-state index is -0.0819. The summed E-state index contributed by atoms with van der Waals surface area (Å²) in [6.45, 7) is 0.676. The zero-order valence-electron chi connectivity index (χ0n) is 16.8. The van der Waals surface area contributed by atoms with Crippen LogP contribution in [-0.4, -0.2) is 34.6 Å². The van der Waals surface area contributed by atoms with Crippen LogP contribution in [0.4, 0.5) is 0 Å². The Morgan fingerprint density at radius 1 is 1.07 bits per heavy atom. The Labute approximate surface area is 179 Å². The molecule has 2 heterocycles.